The summed E-state index contributed by atoms with van der Waals surface area (Å²) < 4.78 is 3.96. The average molecular weight is 317 g/mol. The van der Waals surface area contributed by atoms with Crippen LogP contribution in [-0.2, 0) is 13.5 Å². The van der Waals surface area contributed by atoms with Crippen LogP contribution in [0.15, 0.2) is 53.8 Å². The van der Waals surface area contributed by atoms with Crippen molar-refractivity contribution >= 4 is 5.65 Å². The van der Waals surface area contributed by atoms with Crippen molar-refractivity contribution in [3.63, 3.8) is 0 Å². The number of rotatable bonds is 2. The summed E-state index contributed by atoms with van der Waals surface area (Å²) in [6.45, 7) is 0. The highest BCUT2D eigenvalue weighted by Gasteiger charge is 2.33. The first-order chi connectivity index (χ1) is 11.7. The second kappa shape index (κ2) is 4.67. The van der Waals surface area contributed by atoms with Crippen molar-refractivity contribution in [3.8, 4) is 11.3 Å². The van der Waals surface area contributed by atoms with Crippen molar-refractivity contribution in [3.05, 3.63) is 76.5 Å². The van der Waals surface area contributed by atoms with Crippen molar-refractivity contribution in [2.45, 2.75) is 12.3 Å². The number of aromatic nitrogens is 5. The highest BCUT2D eigenvalue weighted by Crippen LogP contribution is 2.44. The molecule has 24 heavy (non-hydrogen) atoms. The predicted octanol–water partition coefficient (Wildman–Crippen LogP) is 2.11. The quantitative estimate of drug-likeness (QED) is 0.616. The second-order valence-electron chi connectivity index (χ2n) is 6.13. The van der Waals surface area contributed by atoms with E-state index < -0.39 is 0 Å². The van der Waals surface area contributed by atoms with Crippen LogP contribution in [0.25, 0.3) is 16.9 Å². The number of benzene rings is 1. The number of aromatic amines is 1. The molecule has 0 aliphatic heterocycles. The van der Waals surface area contributed by atoms with Crippen molar-refractivity contribution in [1.29, 1.82) is 0 Å². The maximum absolute atomic E-state index is 12.3. The van der Waals surface area contributed by atoms with Crippen LogP contribution in [-0.4, -0.2) is 23.9 Å². The molecule has 0 saturated carbocycles. The highest BCUT2D eigenvalue weighted by atomic mass is 16.1. The van der Waals surface area contributed by atoms with E-state index in [0.717, 1.165) is 29.2 Å². The van der Waals surface area contributed by atoms with Crippen LogP contribution in [0.1, 0.15) is 23.0 Å². The Morgan fingerprint density at radius 3 is 2.83 bits per heavy atom. The third-order valence-electron chi connectivity index (χ3n) is 4.84. The smallest absolute Gasteiger partial charge is 0.292 e. The van der Waals surface area contributed by atoms with Crippen LogP contribution >= 0.6 is 0 Å². The molecule has 1 N–H and O–H groups in total. The number of hydrogen-bond donors (Lipinski definition) is 1. The van der Waals surface area contributed by atoms with Gasteiger partial charge in [0.15, 0.2) is 0 Å². The molecule has 5 rings (SSSR count). The van der Waals surface area contributed by atoms with E-state index in [2.05, 4.69) is 27.1 Å². The van der Waals surface area contributed by atoms with E-state index in [0.29, 0.717) is 5.65 Å². The Kier molecular flexibility index (Phi) is 2.59. The Bertz CT molecular complexity index is 1130. The number of aryl methyl sites for hydroxylation is 1. The molecule has 0 fully saturated rings. The molecule has 3 heterocycles. The summed E-state index contributed by atoms with van der Waals surface area (Å²) in [6, 6.07) is 8.23. The third-order valence-corrected chi connectivity index (χ3v) is 4.84. The van der Waals surface area contributed by atoms with Crippen LogP contribution in [0.4, 0.5) is 0 Å². The van der Waals surface area contributed by atoms with Gasteiger partial charge in [-0.05, 0) is 5.56 Å². The molecular formula is C18H15N5O. The fraction of sp³-hybridized carbons (Fsp3) is 0.167. The SMILES string of the molecule is Cn1ccnc1CC1c2ccccc2-c2[nH]c(=O)c3nccn3c21. The van der Waals surface area contributed by atoms with Crippen LogP contribution < -0.4 is 5.56 Å². The van der Waals surface area contributed by atoms with E-state index in [9.17, 15) is 4.79 Å². The normalized spacial score (nSPS) is 15.6. The first-order valence-electron chi connectivity index (χ1n) is 7.89. The van der Waals surface area contributed by atoms with Crippen molar-refractivity contribution in [2.24, 2.45) is 7.05 Å². The number of hydrogen-bond acceptors (Lipinski definition) is 3. The van der Waals surface area contributed by atoms with E-state index in [1.54, 1.807) is 6.20 Å². The Morgan fingerprint density at radius 1 is 1.17 bits per heavy atom. The van der Waals surface area contributed by atoms with Gasteiger partial charge in [-0.15, -0.1) is 0 Å². The summed E-state index contributed by atoms with van der Waals surface area (Å²) in [5, 5.41) is 0. The summed E-state index contributed by atoms with van der Waals surface area (Å²) in [5.41, 5.74) is 4.54. The van der Waals surface area contributed by atoms with Crippen molar-refractivity contribution < 1.29 is 0 Å². The molecule has 1 aliphatic rings. The molecule has 1 atom stereocenters. The lowest BCUT2D eigenvalue weighted by molar-refractivity contribution is 0.698. The minimum atomic E-state index is -0.161. The monoisotopic (exact) mass is 317 g/mol. The van der Waals surface area contributed by atoms with E-state index in [4.69, 9.17) is 0 Å². The zero-order chi connectivity index (χ0) is 16.3. The molecule has 118 valence electrons. The Labute approximate surface area is 137 Å². The predicted molar refractivity (Wildman–Crippen MR) is 90.0 cm³/mol. The summed E-state index contributed by atoms with van der Waals surface area (Å²) in [5.74, 6) is 1.15. The molecule has 6 nitrogen and oxygen atoms in total. The lowest BCUT2D eigenvalue weighted by atomic mass is 9.96. The third kappa shape index (κ3) is 1.68. The van der Waals surface area contributed by atoms with E-state index >= 15 is 0 Å². The molecule has 0 spiro atoms. The first kappa shape index (κ1) is 13.3. The van der Waals surface area contributed by atoms with Crippen molar-refractivity contribution in [2.75, 3.05) is 0 Å². The molecule has 0 radical (unpaired) electrons. The van der Waals surface area contributed by atoms with Gasteiger partial charge in [-0.1, -0.05) is 24.3 Å². The molecule has 1 aromatic carbocycles. The van der Waals surface area contributed by atoms with Crippen LogP contribution in [0, 0.1) is 0 Å². The van der Waals surface area contributed by atoms with Gasteiger partial charge in [0, 0.05) is 49.7 Å². The molecule has 0 saturated heterocycles. The van der Waals surface area contributed by atoms with Crippen LogP contribution in [0.3, 0.4) is 0 Å². The van der Waals surface area contributed by atoms with E-state index in [-0.39, 0.29) is 11.5 Å². The standard InChI is InChI=1S/C18H15N5O/c1-22-8-6-19-14(22)10-13-11-4-2-3-5-12(11)15-16(13)23-9-7-20-17(23)18(24)21-15/h2-9,13H,10H2,1H3,(H,21,24). The summed E-state index contributed by atoms with van der Waals surface area (Å²) in [4.78, 5) is 24.0. The molecular weight excluding hydrogens is 302 g/mol. The lowest BCUT2D eigenvalue weighted by Crippen LogP contribution is -2.16. The average Bonchev–Trinajstić information content (AvgIpc) is 3.28. The van der Waals surface area contributed by atoms with Gasteiger partial charge in [0.25, 0.3) is 5.56 Å². The van der Waals surface area contributed by atoms with Gasteiger partial charge in [0.2, 0.25) is 5.65 Å². The Morgan fingerprint density at radius 2 is 2.00 bits per heavy atom. The van der Waals surface area contributed by atoms with Crippen LogP contribution in [0.5, 0.6) is 0 Å². The second-order valence-corrected chi connectivity index (χ2v) is 6.13. The van der Waals surface area contributed by atoms with Crippen LogP contribution in [0.2, 0.25) is 0 Å². The van der Waals surface area contributed by atoms with Gasteiger partial charge in [-0.25, -0.2) is 9.97 Å². The zero-order valence-corrected chi connectivity index (χ0v) is 13.1. The number of fused-ring (bicyclic) bond motifs is 5. The Balaban J connectivity index is 1.81. The van der Waals surface area contributed by atoms with Gasteiger partial charge in [-0.2, -0.15) is 0 Å². The first-order valence-corrected chi connectivity index (χ1v) is 7.89. The molecule has 4 aromatic rings. The minimum Gasteiger partial charge on any atom is -0.338 e. The fourth-order valence-corrected chi connectivity index (χ4v) is 3.73. The number of nitrogens with one attached hydrogen (secondary N) is 1. The van der Waals surface area contributed by atoms with Crippen molar-refractivity contribution in [1.82, 2.24) is 23.9 Å². The van der Waals surface area contributed by atoms with Gasteiger partial charge in [0.1, 0.15) is 5.82 Å². The highest BCUT2D eigenvalue weighted by molar-refractivity contribution is 5.75. The number of nitrogens with zero attached hydrogens (tertiary/aromatic N) is 4. The fourth-order valence-electron chi connectivity index (χ4n) is 3.73. The van der Waals surface area contributed by atoms with E-state index in [1.807, 2.05) is 46.7 Å². The maximum Gasteiger partial charge on any atom is 0.292 e. The number of imidazole rings is 2. The Hall–Kier alpha value is -3.15. The van der Waals surface area contributed by atoms with Gasteiger partial charge < -0.3 is 9.55 Å². The molecule has 0 bridgehead atoms. The molecule has 0 amide bonds. The molecule has 6 heteroatoms. The molecule has 1 unspecified atom stereocenters. The summed E-state index contributed by atoms with van der Waals surface area (Å²) in [6.07, 6.45) is 8.08. The van der Waals surface area contributed by atoms with Gasteiger partial charge in [-0.3, -0.25) is 9.20 Å². The summed E-state index contributed by atoms with van der Waals surface area (Å²) in [7, 11) is 2.00. The number of H-pyrrole nitrogens is 1. The lowest BCUT2D eigenvalue weighted by Gasteiger charge is -2.14. The maximum atomic E-state index is 12.3. The van der Waals surface area contributed by atoms with Gasteiger partial charge >= 0.3 is 0 Å². The topological polar surface area (TPSA) is 68.0 Å². The van der Waals surface area contributed by atoms with E-state index in [1.165, 1.54) is 5.56 Å². The molecule has 1 aliphatic carbocycles. The largest absolute Gasteiger partial charge is 0.338 e. The molecule has 3 aromatic heterocycles. The minimum absolute atomic E-state index is 0.130. The zero-order valence-electron chi connectivity index (χ0n) is 13.1. The van der Waals surface area contributed by atoms with Gasteiger partial charge in [0.05, 0.1) is 11.4 Å². The summed E-state index contributed by atoms with van der Waals surface area (Å²) >= 11 is 0.